The van der Waals surface area contributed by atoms with Crippen molar-refractivity contribution < 1.29 is 14.4 Å². The number of rotatable bonds is 5. The van der Waals surface area contributed by atoms with E-state index in [-0.39, 0.29) is 6.04 Å². The molecule has 0 N–H and O–H groups in total. The Kier molecular flexibility index (Phi) is 5.12. The van der Waals surface area contributed by atoms with Crippen LogP contribution in [-0.4, -0.2) is 43.4 Å². The van der Waals surface area contributed by atoms with Gasteiger partial charge in [0.2, 0.25) is 0 Å². The largest absolute Gasteiger partial charge is 0.464 e. The van der Waals surface area contributed by atoms with Crippen LogP contribution in [0.25, 0.3) is 0 Å². The van der Waals surface area contributed by atoms with Crippen molar-refractivity contribution in [3.05, 3.63) is 35.9 Å². The van der Waals surface area contributed by atoms with Gasteiger partial charge in [-0.1, -0.05) is 35.5 Å². The number of hydrogen-bond acceptors (Lipinski definition) is 5. The van der Waals surface area contributed by atoms with Crippen LogP contribution in [0.5, 0.6) is 0 Å². The maximum absolute atomic E-state index is 11.8. The number of oxime groups is 1. The molecule has 108 valence electrons. The molecule has 1 atom stereocenters. The molecule has 0 bridgehead atoms. The monoisotopic (exact) mass is 276 g/mol. The average molecular weight is 276 g/mol. The van der Waals surface area contributed by atoms with E-state index in [0.29, 0.717) is 5.71 Å². The summed E-state index contributed by atoms with van der Waals surface area (Å²) in [6.07, 6.45) is 1.93. The van der Waals surface area contributed by atoms with Crippen LogP contribution >= 0.6 is 0 Å². The van der Waals surface area contributed by atoms with Gasteiger partial charge >= 0.3 is 5.97 Å². The molecular weight excluding hydrogens is 256 g/mol. The van der Waals surface area contributed by atoms with Crippen LogP contribution in [0, 0.1) is 0 Å². The van der Waals surface area contributed by atoms with Gasteiger partial charge in [-0.25, -0.2) is 4.79 Å². The van der Waals surface area contributed by atoms with Crippen LogP contribution in [-0.2, 0) is 20.9 Å². The van der Waals surface area contributed by atoms with Gasteiger partial charge < -0.3 is 9.57 Å². The van der Waals surface area contributed by atoms with Gasteiger partial charge in [-0.3, -0.25) is 4.90 Å². The van der Waals surface area contributed by atoms with Crippen molar-refractivity contribution in [3.8, 4) is 0 Å². The molecule has 1 aliphatic rings. The van der Waals surface area contributed by atoms with E-state index in [1.807, 2.05) is 18.2 Å². The summed E-state index contributed by atoms with van der Waals surface area (Å²) >= 11 is 0. The lowest BCUT2D eigenvalue weighted by Gasteiger charge is -2.24. The molecule has 0 amide bonds. The van der Waals surface area contributed by atoms with Crippen LogP contribution in [0.15, 0.2) is 35.5 Å². The molecule has 0 aromatic heterocycles. The van der Waals surface area contributed by atoms with Crippen molar-refractivity contribution in [1.29, 1.82) is 0 Å². The molecule has 1 saturated heterocycles. The van der Waals surface area contributed by atoms with Crippen molar-refractivity contribution >= 4 is 11.7 Å². The molecule has 5 nitrogen and oxygen atoms in total. The molecule has 0 radical (unpaired) electrons. The molecule has 1 unspecified atom stereocenters. The third-order valence-electron chi connectivity index (χ3n) is 3.49. The smallest absolute Gasteiger partial charge is 0.357 e. The van der Waals surface area contributed by atoms with Crippen LogP contribution in [0.4, 0.5) is 0 Å². The van der Waals surface area contributed by atoms with Crippen molar-refractivity contribution in [1.82, 2.24) is 4.90 Å². The minimum absolute atomic E-state index is 0.0393. The van der Waals surface area contributed by atoms with E-state index in [9.17, 15) is 4.79 Å². The van der Waals surface area contributed by atoms with Crippen LogP contribution in [0.1, 0.15) is 18.4 Å². The van der Waals surface area contributed by atoms with Gasteiger partial charge in [0.15, 0.2) is 5.71 Å². The topological polar surface area (TPSA) is 51.1 Å². The first-order valence-corrected chi connectivity index (χ1v) is 6.73. The standard InChI is InChI=1S/C15H20N2O3/c1-19-15(18)14(16-20-2)13-9-6-10-17(13)11-12-7-4-3-5-8-12/h3-5,7-8,13H,6,9-11H2,1-2H3. The number of methoxy groups -OCH3 is 1. The maximum Gasteiger partial charge on any atom is 0.357 e. The second-order valence-electron chi connectivity index (χ2n) is 4.76. The minimum atomic E-state index is -0.420. The van der Waals surface area contributed by atoms with E-state index in [1.54, 1.807) is 0 Å². The van der Waals surface area contributed by atoms with Crippen LogP contribution in [0.3, 0.4) is 0 Å². The Labute approximate surface area is 119 Å². The summed E-state index contributed by atoms with van der Waals surface area (Å²) in [4.78, 5) is 18.9. The van der Waals surface area contributed by atoms with Crippen molar-refractivity contribution in [2.75, 3.05) is 20.8 Å². The number of hydrogen-bond donors (Lipinski definition) is 0. The predicted molar refractivity (Wildman–Crippen MR) is 76.3 cm³/mol. The maximum atomic E-state index is 11.8. The average Bonchev–Trinajstić information content (AvgIpc) is 2.93. The molecule has 1 aromatic rings. The fourth-order valence-corrected chi connectivity index (χ4v) is 2.58. The number of esters is 1. The number of carbonyl (C=O) groups is 1. The number of nitrogens with zero attached hydrogens (tertiary/aromatic N) is 2. The molecule has 1 heterocycles. The zero-order valence-electron chi connectivity index (χ0n) is 11.9. The highest BCUT2D eigenvalue weighted by atomic mass is 16.6. The van der Waals surface area contributed by atoms with E-state index in [4.69, 9.17) is 9.57 Å². The van der Waals surface area contributed by atoms with Crippen molar-refractivity contribution in [2.24, 2.45) is 5.16 Å². The fourth-order valence-electron chi connectivity index (χ4n) is 2.58. The van der Waals surface area contributed by atoms with Gasteiger partial charge in [-0.05, 0) is 24.9 Å². The zero-order valence-corrected chi connectivity index (χ0v) is 11.9. The third kappa shape index (κ3) is 3.36. The summed E-state index contributed by atoms with van der Waals surface area (Å²) in [5.74, 6) is -0.420. The number of likely N-dealkylation sites (tertiary alicyclic amines) is 1. The Hall–Kier alpha value is -1.88. The number of benzene rings is 1. The molecule has 0 spiro atoms. The Bertz CT molecular complexity index is 473. The quantitative estimate of drug-likeness (QED) is 0.468. The second kappa shape index (κ2) is 7.05. The van der Waals surface area contributed by atoms with E-state index in [2.05, 4.69) is 22.2 Å². The highest BCUT2D eigenvalue weighted by molar-refractivity contribution is 6.38. The minimum Gasteiger partial charge on any atom is -0.464 e. The van der Waals surface area contributed by atoms with Gasteiger partial charge in [-0.15, -0.1) is 0 Å². The number of ether oxygens (including phenoxy) is 1. The Morgan fingerprint density at radius 3 is 2.75 bits per heavy atom. The molecular formula is C15H20N2O3. The normalized spacial score (nSPS) is 19.9. The van der Waals surface area contributed by atoms with E-state index < -0.39 is 5.97 Å². The summed E-state index contributed by atoms with van der Waals surface area (Å²) in [7, 11) is 2.81. The summed E-state index contributed by atoms with van der Waals surface area (Å²) in [5, 5.41) is 3.87. The molecule has 0 aliphatic carbocycles. The first-order valence-electron chi connectivity index (χ1n) is 6.73. The van der Waals surface area contributed by atoms with E-state index >= 15 is 0 Å². The Morgan fingerprint density at radius 2 is 2.10 bits per heavy atom. The molecule has 20 heavy (non-hydrogen) atoms. The second-order valence-corrected chi connectivity index (χ2v) is 4.76. The highest BCUT2D eigenvalue weighted by Gasteiger charge is 2.33. The summed E-state index contributed by atoms with van der Waals surface area (Å²) in [5.41, 5.74) is 1.57. The lowest BCUT2D eigenvalue weighted by atomic mass is 10.1. The first kappa shape index (κ1) is 14.5. The fraction of sp³-hybridized carbons (Fsp3) is 0.467. The Morgan fingerprint density at radius 1 is 1.35 bits per heavy atom. The summed E-state index contributed by atoms with van der Waals surface area (Å²) < 4.78 is 4.80. The molecule has 1 aromatic carbocycles. The molecule has 1 fully saturated rings. The van der Waals surface area contributed by atoms with Gasteiger partial charge in [0.05, 0.1) is 13.2 Å². The van der Waals surface area contributed by atoms with Gasteiger partial charge in [0.25, 0.3) is 0 Å². The van der Waals surface area contributed by atoms with Crippen LogP contribution < -0.4 is 0 Å². The third-order valence-corrected chi connectivity index (χ3v) is 3.49. The highest BCUT2D eigenvalue weighted by Crippen LogP contribution is 2.22. The molecule has 2 rings (SSSR count). The van der Waals surface area contributed by atoms with Gasteiger partial charge in [0.1, 0.15) is 7.11 Å². The summed E-state index contributed by atoms with van der Waals surface area (Å²) in [6, 6.07) is 10.2. The lowest BCUT2D eigenvalue weighted by Crippen LogP contribution is -2.40. The van der Waals surface area contributed by atoms with Crippen LogP contribution in [0.2, 0.25) is 0 Å². The van der Waals surface area contributed by atoms with E-state index in [1.165, 1.54) is 19.8 Å². The SMILES string of the molecule is CON=C(C(=O)OC)C1CCCN1Cc1ccccc1. The Balaban J connectivity index is 2.13. The number of carbonyl (C=O) groups excluding carboxylic acids is 1. The van der Waals surface area contributed by atoms with Crippen molar-refractivity contribution in [2.45, 2.75) is 25.4 Å². The molecule has 5 heteroatoms. The van der Waals surface area contributed by atoms with Gasteiger partial charge in [-0.2, -0.15) is 0 Å². The predicted octanol–water partition coefficient (Wildman–Crippen LogP) is 1.83. The van der Waals surface area contributed by atoms with Gasteiger partial charge in [0, 0.05) is 6.54 Å². The lowest BCUT2D eigenvalue weighted by molar-refractivity contribution is -0.133. The molecule has 0 saturated carbocycles. The molecule has 1 aliphatic heterocycles. The van der Waals surface area contributed by atoms with Crippen molar-refractivity contribution in [3.63, 3.8) is 0 Å². The van der Waals surface area contributed by atoms with E-state index in [0.717, 1.165) is 25.9 Å². The zero-order chi connectivity index (χ0) is 14.4. The summed E-state index contributed by atoms with van der Waals surface area (Å²) in [6.45, 7) is 1.74. The first-order chi connectivity index (χ1) is 9.76.